The Morgan fingerprint density at radius 1 is 1.17 bits per heavy atom. The van der Waals surface area contributed by atoms with Gasteiger partial charge in [0.05, 0.1) is 11.1 Å². The minimum absolute atomic E-state index is 0.00165. The molecule has 1 aromatic rings. The molecule has 0 aliphatic heterocycles. The fourth-order valence-electron chi connectivity index (χ4n) is 5.51. The zero-order valence-electron chi connectivity index (χ0n) is 19.5. The van der Waals surface area contributed by atoms with Gasteiger partial charge in [-0.25, -0.2) is 0 Å². The second-order valence-corrected chi connectivity index (χ2v) is 9.72. The van der Waals surface area contributed by atoms with Gasteiger partial charge in [0.2, 0.25) is 5.78 Å². The quantitative estimate of drug-likeness (QED) is 0.270. The van der Waals surface area contributed by atoms with E-state index in [1.807, 2.05) is 13.8 Å². The van der Waals surface area contributed by atoms with E-state index in [4.69, 9.17) is 5.73 Å². The van der Waals surface area contributed by atoms with E-state index in [0.29, 0.717) is 5.56 Å². The molecule has 0 radical (unpaired) electrons. The molecular weight excluding hydrogens is 454 g/mol. The molecule has 0 bridgehead atoms. The Balaban J connectivity index is 1.97. The molecule has 35 heavy (non-hydrogen) atoms. The number of phenolic OH excluding ortho intramolecular Hbond substituents is 1. The number of amides is 1. The molecule has 0 spiro atoms. The van der Waals surface area contributed by atoms with E-state index in [1.165, 1.54) is 6.92 Å². The molecule has 1 aromatic carbocycles. The highest BCUT2D eigenvalue weighted by Gasteiger charge is 2.60. The van der Waals surface area contributed by atoms with Gasteiger partial charge in [-0.2, -0.15) is 0 Å². The Labute approximate surface area is 201 Å². The molecule has 0 saturated heterocycles. The van der Waals surface area contributed by atoms with Gasteiger partial charge in [-0.15, -0.1) is 0 Å². The Kier molecular flexibility index (Phi) is 5.78. The van der Waals surface area contributed by atoms with Crippen LogP contribution in [-0.4, -0.2) is 54.7 Å². The molecule has 7 N–H and O–H groups in total. The van der Waals surface area contributed by atoms with E-state index in [2.05, 4.69) is 11.8 Å². The molecular formula is C26H27NO8. The van der Waals surface area contributed by atoms with E-state index < -0.39 is 58.1 Å². The number of aliphatic hydroxyl groups is 4. The van der Waals surface area contributed by atoms with Crippen LogP contribution in [0.5, 0.6) is 5.75 Å². The summed E-state index contributed by atoms with van der Waals surface area (Å²) >= 11 is 0. The van der Waals surface area contributed by atoms with Crippen molar-refractivity contribution in [2.24, 2.45) is 17.6 Å². The third kappa shape index (κ3) is 3.52. The van der Waals surface area contributed by atoms with E-state index in [-0.39, 0.29) is 47.6 Å². The van der Waals surface area contributed by atoms with Crippen LogP contribution in [0.15, 0.2) is 23.0 Å². The van der Waals surface area contributed by atoms with Crippen molar-refractivity contribution in [3.05, 3.63) is 45.2 Å². The number of nitrogens with two attached hydrogens (primary N) is 1. The molecule has 3 aliphatic carbocycles. The van der Waals surface area contributed by atoms with Crippen LogP contribution in [-0.2, 0) is 20.8 Å². The van der Waals surface area contributed by atoms with Crippen LogP contribution in [0.25, 0.3) is 5.76 Å². The van der Waals surface area contributed by atoms with Crippen LogP contribution < -0.4 is 5.73 Å². The van der Waals surface area contributed by atoms with Crippen molar-refractivity contribution < 1.29 is 39.9 Å². The normalized spacial score (nSPS) is 26.6. The summed E-state index contributed by atoms with van der Waals surface area (Å²) in [4.78, 5) is 37.8. The Bertz CT molecular complexity index is 1310. The minimum Gasteiger partial charge on any atom is -0.508 e. The zero-order valence-corrected chi connectivity index (χ0v) is 19.5. The number of carbonyl (C=O) groups excluding carboxylic acids is 3. The van der Waals surface area contributed by atoms with Crippen molar-refractivity contribution in [2.45, 2.75) is 57.7 Å². The molecule has 0 aromatic heterocycles. The average Bonchev–Trinajstić information content (AvgIpc) is 2.75. The number of rotatable bonds is 2. The fraction of sp³-hybridized carbons (Fsp3) is 0.423. The molecule has 184 valence electrons. The van der Waals surface area contributed by atoms with E-state index in [9.17, 15) is 39.9 Å². The van der Waals surface area contributed by atoms with Gasteiger partial charge >= 0.3 is 0 Å². The number of phenols is 1. The van der Waals surface area contributed by atoms with Crippen LogP contribution in [0.4, 0.5) is 0 Å². The van der Waals surface area contributed by atoms with Gasteiger partial charge in [-0.1, -0.05) is 25.7 Å². The number of benzene rings is 1. The summed E-state index contributed by atoms with van der Waals surface area (Å²) in [6, 6.07) is 1.69. The van der Waals surface area contributed by atoms with Crippen molar-refractivity contribution >= 4 is 23.2 Å². The van der Waals surface area contributed by atoms with Crippen LogP contribution >= 0.6 is 0 Å². The van der Waals surface area contributed by atoms with Gasteiger partial charge in [0.1, 0.15) is 28.9 Å². The first kappa shape index (κ1) is 24.5. The predicted octanol–water partition coefficient (Wildman–Crippen LogP) is 1.28. The van der Waals surface area contributed by atoms with Crippen molar-refractivity contribution in [1.29, 1.82) is 0 Å². The average molecular weight is 482 g/mol. The maximum Gasteiger partial charge on any atom is 0.255 e. The fourth-order valence-corrected chi connectivity index (χ4v) is 5.51. The number of Topliss-reactive ketones (excluding diaryl/α,β-unsaturated/α-hetero) is 2. The summed E-state index contributed by atoms with van der Waals surface area (Å²) in [6.45, 7) is 5.31. The standard InChI is InChI=1S/C26H27NO8/c1-10(2)15-7-12(5-4-11(3)28)21(30)19-16(15)8-13-6-14-9-17(29)20(25(27)34)24(33)26(14,35)23(32)18(13)22(19)31/h7,10-11,13-14,28,30-31,33,35H,6,8-9H2,1-3H3,(H2,27,34)/t11?,13-,14+,26+/m1/s1. The summed E-state index contributed by atoms with van der Waals surface area (Å²) in [5.41, 5.74) is 3.12. The predicted molar refractivity (Wildman–Crippen MR) is 124 cm³/mol. The number of ketones is 2. The van der Waals surface area contributed by atoms with Crippen LogP contribution in [0, 0.1) is 23.7 Å². The van der Waals surface area contributed by atoms with E-state index in [0.717, 1.165) is 5.56 Å². The maximum absolute atomic E-state index is 13.6. The highest BCUT2D eigenvalue weighted by atomic mass is 16.3. The summed E-state index contributed by atoms with van der Waals surface area (Å²) in [6.07, 6.45) is -1.01. The lowest BCUT2D eigenvalue weighted by atomic mass is 9.59. The second kappa shape index (κ2) is 8.26. The van der Waals surface area contributed by atoms with Crippen molar-refractivity contribution in [3.8, 4) is 17.6 Å². The van der Waals surface area contributed by atoms with Gasteiger partial charge in [-0.05, 0) is 48.8 Å². The van der Waals surface area contributed by atoms with Crippen LogP contribution in [0.2, 0.25) is 0 Å². The SMILES string of the molecule is CC(O)C#Cc1cc(C(C)C)c2c(c1O)C(O)=C1C(=O)[C@]3(O)C(O)=C(C(N)=O)C(=O)C[C@@H]3C[C@@H]1C2. The van der Waals surface area contributed by atoms with Crippen molar-refractivity contribution in [1.82, 2.24) is 0 Å². The van der Waals surface area contributed by atoms with Gasteiger partial charge in [0.15, 0.2) is 11.4 Å². The number of hydrogen-bond donors (Lipinski definition) is 6. The van der Waals surface area contributed by atoms with Crippen LogP contribution in [0.3, 0.4) is 0 Å². The number of primary amides is 1. The van der Waals surface area contributed by atoms with Crippen molar-refractivity contribution in [2.75, 3.05) is 0 Å². The summed E-state index contributed by atoms with van der Waals surface area (Å²) in [5.74, 6) is -1.51. The van der Waals surface area contributed by atoms with Crippen LogP contribution in [0.1, 0.15) is 61.8 Å². The monoisotopic (exact) mass is 481 g/mol. The Morgan fingerprint density at radius 3 is 2.40 bits per heavy atom. The number of fused-ring (bicyclic) bond motifs is 3. The molecule has 9 nitrogen and oxygen atoms in total. The molecule has 1 saturated carbocycles. The summed E-state index contributed by atoms with van der Waals surface area (Å²) in [7, 11) is 0. The third-order valence-corrected chi connectivity index (χ3v) is 7.14. The third-order valence-electron chi connectivity index (χ3n) is 7.14. The molecule has 4 rings (SSSR count). The first-order valence-corrected chi connectivity index (χ1v) is 11.4. The number of aromatic hydroxyl groups is 1. The Morgan fingerprint density at radius 2 is 1.83 bits per heavy atom. The number of carbonyl (C=O) groups is 3. The summed E-state index contributed by atoms with van der Waals surface area (Å²) < 4.78 is 0. The minimum atomic E-state index is -2.60. The molecule has 9 heteroatoms. The van der Waals surface area contributed by atoms with Gasteiger partial charge in [0.25, 0.3) is 5.91 Å². The van der Waals surface area contributed by atoms with Gasteiger partial charge in [0, 0.05) is 17.9 Å². The lowest BCUT2D eigenvalue weighted by molar-refractivity contribution is -0.147. The smallest absolute Gasteiger partial charge is 0.255 e. The second-order valence-electron chi connectivity index (χ2n) is 9.72. The lowest BCUT2D eigenvalue weighted by Gasteiger charge is -2.46. The number of hydrogen-bond acceptors (Lipinski definition) is 8. The maximum atomic E-state index is 13.6. The molecule has 1 unspecified atom stereocenters. The van der Waals surface area contributed by atoms with Gasteiger partial charge in [-0.3, -0.25) is 14.4 Å². The Hall–Kier alpha value is -3.61. The topological polar surface area (TPSA) is 178 Å². The van der Waals surface area contributed by atoms with Crippen molar-refractivity contribution in [3.63, 3.8) is 0 Å². The summed E-state index contributed by atoms with van der Waals surface area (Å²) in [5, 5.41) is 53.7. The van der Waals surface area contributed by atoms with E-state index >= 15 is 0 Å². The first-order valence-electron chi connectivity index (χ1n) is 11.4. The first-order chi connectivity index (χ1) is 16.3. The molecule has 4 atom stereocenters. The zero-order chi connectivity index (χ0) is 26.0. The molecule has 1 fully saturated rings. The molecule has 0 heterocycles. The molecule has 1 amide bonds. The highest BCUT2D eigenvalue weighted by Crippen LogP contribution is 2.53. The lowest BCUT2D eigenvalue weighted by Crippen LogP contribution is -2.58. The van der Waals surface area contributed by atoms with E-state index in [1.54, 1.807) is 6.07 Å². The molecule has 3 aliphatic rings. The van der Waals surface area contributed by atoms with Gasteiger partial charge < -0.3 is 31.3 Å². The largest absolute Gasteiger partial charge is 0.508 e. The highest BCUT2D eigenvalue weighted by molar-refractivity contribution is 6.22. The number of aliphatic hydroxyl groups excluding tert-OH is 3.